The molecule has 0 unspecified atom stereocenters. The number of halogens is 2. The van der Waals surface area contributed by atoms with Crippen molar-refractivity contribution in [2.75, 3.05) is 11.9 Å². The van der Waals surface area contributed by atoms with Crippen LogP contribution < -0.4 is 15.8 Å². The summed E-state index contributed by atoms with van der Waals surface area (Å²) in [5.74, 6) is -0.469. The Hall–Kier alpha value is -2.35. The number of hydrogen-bond acceptors (Lipinski definition) is 4. The largest absolute Gasteiger partial charge is 0.483 e. The maximum Gasteiger partial charge on any atom is 0.262 e. The van der Waals surface area contributed by atoms with Crippen molar-refractivity contribution >= 4 is 55.7 Å². The van der Waals surface area contributed by atoms with Gasteiger partial charge in [-0.2, -0.15) is 0 Å². The number of thiophene rings is 1. The fourth-order valence-electron chi connectivity index (χ4n) is 2.79. The summed E-state index contributed by atoms with van der Waals surface area (Å²) in [6.45, 7) is 1.62. The van der Waals surface area contributed by atoms with Gasteiger partial charge in [-0.3, -0.25) is 9.59 Å². The third-order valence-electron chi connectivity index (χ3n) is 4.21. The summed E-state index contributed by atoms with van der Waals surface area (Å²) in [4.78, 5) is 25.3. The van der Waals surface area contributed by atoms with Gasteiger partial charge in [0.2, 0.25) is 0 Å². The van der Waals surface area contributed by atoms with Crippen molar-refractivity contribution < 1.29 is 14.3 Å². The molecule has 2 amide bonds. The number of amides is 2. The summed E-state index contributed by atoms with van der Waals surface area (Å²) in [6.07, 6.45) is 0.654. The Kier molecular flexibility index (Phi) is 6.95. The normalized spacial score (nSPS) is 10.6. The van der Waals surface area contributed by atoms with Crippen LogP contribution >= 0.6 is 38.9 Å². The molecule has 0 aliphatic carbocycles. The molecule has 0 aliphatic rings. The van der Waals surface area contributed by atoms with Gasteiger partial charge in [0.1, 0.15) is 10.8 Å². The van der Waals surface area contributed by atoms with E-state index in [1.807, 2.05) is 37.3 Å². The topological polar surface area (TPSA) is 81.4 Å². The molecule has 0 radical (unpaired) electrons. The van der Waals surface area contributed by atoms with Crippen LogP contribution in [0, 0.1) is 6.92 Å². The average Bonchev–Trinajstić information content (AvgIpc) is 2.97. The number of benzene rings is 2. The van der Waals surface area contributed by atoms with E-state index in [1.165, 1.54) is 11.3 Å². The van der Waals surface area contributed by atoms with Gasteiger partial charge in [0.15, 0.2) is 6.61 Å². The molecule has 3 aromatic rings. The molecule has 3 rings (SSSR count). The second-order valence-corrected chi connectivity index (χ2v) is 8.69. The number of carbonyl (C=O) groups excluding carboxylic acids is 2. The van der Waals surface area contributed by atoms with E-state index in [9.17, 15) is 9.59 Å². The minimum absolute atomic E-state index is 0.219. The number of primary amides is 1. The van der Waals surface area contributed by atoms with Crippen LogP contribution in [0.3, 0.4) is 0 Å². The highest BCUT2D eigenvalue weighted by Gasteiger charge is 2.21. The van der Waals surface area contributed by atoms with Gasteiger partial charge in [0.25, 0.3) is 11.8 Å². The zero-order valence-electron chi connectivity index (χ0n) is 15.5. The smallest absolute Gasteiger partial charge is 0.262 e. The third kappa shape index (κ3) is 5.38. The molecule has 0 fully saturated rings. The van der Waals surface area contributed by atoms with Gasteiger partial charge in [0, 0.05) is 16.3 Å². The van der Waals surface area contributed by atoms with Crippen LogP contribution in [0.1, 0.15) is 26.4 Å². The van der Waals surface area contributed by atoms with Crippen LogP contribution in [0.5, 0.6) is 5.75 Å². The highest BCUT2D eigenvalue weighted by Crippen LogP contribution is 2.34. The molecular weight excluding hydrogens is 476 g/mol. The van der Waals surface area contributed by atoms with E-state index in [-0.39, 0.29) is 12.5 Å². The number of anilines is 1. The fraction of sp³-hybridized carbons (Fsp3) is 0.143. The van der Waals surface area contributed by atoms with Gasteiger partial charge in [-0.25, -0.2) is 0 Å². The first-order valence-corrected chi connectivity index (χ1v) is 10.7. The molecular formula is C21H18BrClN2O3S. The van der Waals surface area contributed by atoms with E-state index < -0.39 is 5.91 Å². The molecule has 150 valence electrons. The molecule has 1 heterocycles. The Morgan fingerprint density at radius 2 is 1.93 bits per heavy atom. The first kappa shape index (κ1) is 21.4. The van der Waals surface area contributed by atoms with E-state index in [2.05, 4.69) is 21.2 Å². The summed E-state index contributed by atoms with van der Waals surface area (Å²) in [5.41, 5.74) is 7.79. The van der Waals surface area contributed by atoms with Crippen molar-refractivity contribution in [3.05, 3.63) is 79.6 Å². The van der Waals surface area contributed by atoms with E-state index in [4.69, 9.17) is 22.1 Å². The Labute approximate surface area is 186 Å². The third-order valence-corrected chi connectivity index (χ3v) is 6.27. The van der Waals surface area contributed by atoms with Gasteiger partial charge >= 0.3 is 0 Å². The van der Waals surface area contributed by atoms with Crippen LogP contribution in [0.15, 0.2) is 53.0 Å². The van der Waals surface area contributed by atoms with E-state index in [0.717, 1.165) is 16.0 Å². The number of nitrogens with two attached hydrogens (primary N) is 1. The predicted octanol–water partition coefficient (Wildman–Crippen LogP) is 5.18. The molecule has 0 saturated heterocycles. The zero-order valence-corrected chi connectivity index (χ0v) is 18.7. The Balaban J connectivity index is 1.74. The highest BCUT2D eigenvalue weighted by atomic mass is 79.9. The maximum atomic E-state index is 12.4. The molecule has 0 spiro atoms. The fourth-order valence-corrected chi connectivity index (χ4v) is 4.85. The molecule has 1 aromatic heterocycles. The second-order valence-electron chi connectivity index (χ2n) is 6.29. The lowest BCUT2D eigenvalue weighted by molar-refractivity contribution is -0.118. The molecule has 2 aromatic carbocycles. The highest BCUT2D eigenvalue weighted by molar-refractivity contribution is 9.10. The SMILES string of the molecule is Cc1c(Cc2ccccc2)sc(NC(=O)COc2ccc(Cl)cc2Br)c1C(N)=O. The molecule has 0 atom stereocenters. The lowest BCUT2D eigenvalue weighted by atomic mass is 10.1. The number of nitrogens with one attached hydrogen (secondary N) is 1. The lowest BCUT2D eigenvalue weighted by Crippen LogP contribution is -2.22. The maximum absolute atomic E-state index is 12.4. The predicted molar refractivity (Wildman–Crippen MR) is 120 cm³/mol. The summed E-state index contributed by atoms with van der Waals surface area (Å²) in [6, 6.07) is 14.9. The van der Waals surface area contributed by atoms with Crippen molar-refractivity contribution in [2.24, 2.45) is 5.73 Å². The monoisotopic (exact) mass is 492 g/mol. The number of rotatable bonds is 7. The Bertz CT molecular complexity index is 1050. The summed E-state index contributed by atoms with van der Waals surface area (Å²) in [7, 11) is 0. The van der Waals surface area contributed by atoms with Gasteiger partial charge in [-0.05, 0) is 52.2 Å². The molecule has 8 heteroatoms. The molecule has 0 aliphatic heterocycles. The van der Waals surface area contributed by atoms with Crippen molar-refractivity contribution in [2.45, 2.75) is 13.3 Å². The van der Waals surface area contributed by atoms with Gasteiger partial charge in [0.05, 0.1) is 10.0 Å². The van der Waals surface area contributed by atoms with E-state index >= 15 is 0 Å². The summed E-state index contributed by atoms with van der Waals surface area (Å²) >= 11 is 10.6. The number of ether oxygens (including phenoxy) is 1. The van der Waals surface area contributed by atoms with Crippen molar-refractivity contribution in [3.8, 4) is 5.75 Å². The minimum atomic E-state index is -0.574. The van der Waals surface area contributed by atoms with Crippen molar-refractivity contribution in [1.29, 1.82) is 0 Å². The molecule has 0 saturated carbocycles. The first-order chi connectivity index (χ1) is 13.8. The molecule has 0 bridgehead atoms. The second kappa shape index (κ2) is 9.43. The van der Waals surface area contributed by atoms with Crippen LogP contribution in [-0.2, 0) is 11.2 Å². The Morgan fingerprint density at radius 1 is 1.21 bits per heavy atom. The molecule has 3 N–H and O–H groups in total. The van der Waals surface area contributed by atoms with Gasteiger partial charge in [-0.1, -0.05) is 41.9 Å². The van der Waals surface area contributed by atoms with Crippen LogP contribution in [-0.4, -0.2) is 18.4 Å². The number of hydrogen-bond donors (Lipinski definition) is 2. The van der Waals surface area contributed by atoms with Crippen LogP contribution in [0.2, 0.25) is 5.02 Å². The lowest BCUT2D eigenvalue weighted by Gasteiger charge is -2.09. The number of carbonyl (C=O) groups is 2. The summed E-state index contributed by atoms with van der Waals surface area (Å²) in [5, 5.41) is 3.74. The quantitative estimate of drug-likeness (QED) is 0.476. The average molecular weight is 494 g/mol. The van der Waals surface area contributed by atoms with Gasteiger partial charge in [-0.15, -0.1) is 11.3 Å². The Morgan fingerprint density at radius 3 is 2.59 bits per heavy atom. The molecule has 5 nitrogen and oxygen atoms in total. The summed E-state index contributed by atoms with van der Waals surface area (Å²) < 4.78 is 6.18. The first-order valence-electron chi connectivity index (χ1n) is 8.69. The zero-order chi connectivity index (χ0) is 21.0. The van der Waals surface area contributed by atoms with Crippen LogP contribution in [0.25, 0.3) is 0 Å². The standard InChI is InChI=1S/C21H18BrClN2O3S/c1-12-17(9-13-5-3-2-4-6-13)29-21(19(12)20(24)27)25-18(26)11-28-16-8-7-14(23)10-15(16)22/h2-8,10H,9,11H2,1H3,(H2,24,27)(H,25,26). The van der Waals surface area contributed by atoms with E-state index in [0.29, 0.717) is 32.2 Å². The minimum Gasteiger partial charge on any atom is -0.483 e. The molecule has 29 heavy (non-hydrogen) atoms. The van der Waals surface area contributed by atoms with E-state index in [1.54, 1.807) is 18.2 Å². The van der Waals surface area contributed by atoms with Crippen molar-refractivity contribution in [3.63, 3.8) is 0 Å². The van der Waals surface area contributed by atoms with Crippen molar-refractivity contribution in [1.82, 2.24) is 0 Å². The van der Waals surface area contributed by atoms with Crippen LogP contribution in [0.4, 0.5) is 5.00 Å². The van der Waals surface area contributed by atoms with Gasteiger partial charge < -0.3 is 15.8 Å².